The molecule has 2 rings (SSSR count). The minimum atomic E-state index is 0.0525. The zero-order chi connectivity index (χ0) is 13.8. The topological polar surface area (TPSA) is 37.3 Å². The van der Waals surface area contributed by atoms with Gasteiger partial charge in [0.25, 0.3) is 0 Å². The summed E-state index contributed by atoms with van der Waals surface area (Å²) in [5, 5.41) is 10.0. The summed E-state index contributed by atoms with van der Waals surface area (Å²) in [7, 11) is 0. The van der Waals surface area contributed by atoms with Crippen LogP contribution in [0.2, 0.25) is 0 Å². The number of hydrogen-bond acceptors (Lipinski definition) is 2. The highest BCUT2D eigenvalue weighted by atomic mass is 16.3. The van der Waals surface area contributed by atoms with Gasteiger partial charge in [-0.2, -0.15) is 0 Å². The Morgan fingerprint density at radius 2 is 1.74 bits per heavy atom. The first kappa shape index (κ1) is 13.3. The first-order valence-electron chi connectivity index (χ1n) is 6.52. The fraction of sp³-hybridized carbons (Fsp3) is 0.235. The molecule has 0 saturated heterocycles. The van der Waals surface area contributed by atoms with E-state index in [1.807, 2.05) is 30.3 Å². The van der Waals surface area contributed by atoms with Gasteiger partial charge < -0.3 is 5.11 Å². The lowest BCUT2D eigenvalue weighted by molar-refractivity contribution is -0.116. The number of phenols is 1. The van der Waals surface area contributed by atoms with E-state index in [-0.39, 0.29) is 18.0 Å². The molecule has 19 heavy (non-hydrogen) atoms. The molecule has 2 heteroatoms. The molecule has 0 fully saturated rings. The van der Waals surface area contributed by atoms with E-state index in [0.29, 0.717) is 0 Å². The molecular weight excluding hydrogens is 236 g/mol. The number of aromatic hydroxyl groups is 1. The van der Waals surface area contributed by atoms with Crippen molar-refractivity contribution in [3.05, 3.63) is 53.6 Å². The number of ketones is 1. The fourth-order valence-corrected chi connectivity index (χ4v) is 2.35. The Bertz CT molecular complexity index is 600. The maximum Gasteiger partial charge on any atom is 0.134 e. The van der Waals surface area contributed by atoms with Gasteiger partial charge in [-0.25, -0.2) is 0 Å². The van der Waals surface area contributed by atoms with E-state index in [4.69, 9.17) is 0 Å². The van der Waals surface area contributed by atoms with Crippen LogP contribution in [0.1, 0.15) is 25.0 Å². The number of rotatable bonds is 4. The Morgan fingerprint density at radius 3 is 2.42 bits per heavy atom. The van der Waals surface area contributed by atoms with Gasteiger partial charge in [0, 0.05) is 12.0 Å². The summed E-state index contributed by atoms with van der Waals surface area (Å²) in [5.74, 6) is 0.246. The zero-order valence-electron chi connectivity index (χ0n) is 11.3. The van der Waals surface area contributed by atoms with Crippen molar-refractivity contribution in [2.75, 3.05) is 0 Å². The molecule has 2 aromatic rings. The van der Waals surface area contributed by atoms with Crippen LogP contribution in [0.15, 0.2) is 42.5 Å². The minimum Gasteiger partial charge on any atom is -0.508 e. The highest BCUT2D eigenvalue weighted by molar-refractivity contribution is 5.83. The molecule has 98 valence electrons. The summed E-state index contributed by atoms with van der Waals surface area (Å²) < 4.78 is 0. The van der Waals surface area contributed by atoms with Crippen molar-refractivity contribution in [2.24, 2.45) is 0 Å². The van der Waals surface area contributed by atoms with Crippen molar-refractivity contribution >= 4 is 5.78 Å². The summed E-state index contributed by atoms with van der Waals surface area (Å²) >= 11 is 0. The predicted molar refractivity (Wildman–Crippen MR) is 77.3 cm³/mol. The Kier molecular flexibility index (Phi) is 4.00. The first-order chi connectivity index (χ1) is 9.13. The summed E-state index contributed by atoms with van der Waals surface area (Å²) in [6, 6.07) is 13.5. The monoisotopic (exact) mass is 254 g/mol. The molecular formula is C17H18O2. The van der Waals surface area contributed by atoms with Crippen LogP contribution in [0.25, 0.3) is 11.1 Å². The van der Waals surface area contributed by atoms with Gasteiger partial charge in [0.05, 0.1) is 0 Å². The molecule has 0 aliphatic carbocycles. The van der Waals surface area contributed by atoms with Crippen LogP contribution in [-0.2, 0) is 17.6 Å². The van der Waals surface area contributed by atoms with Crippen molar-refractivity contribution in [1.82, 2.24) is 0 Å². The van der Waals surface area contributed by atoms with Gasteiger partial charge in [-0.3, -0.25) is 4.79 Å². The molecule has 0 spiro atoms. The van der Waals surface area contributed by atoms with Crippen LogP contribution < -0.4 is 0 Å². The second-order valence-electron chi connectivity index (χ2n) is 4.69. The lowest BCUT2D eigenvalue weighted by Gasteiger charge is -2.13. The molecule has 0 amide bonds. The summed E-state index contributed by atoms with van der Waals surface area (Å²) in [6.07, 6.45) is 1.19. The number of carbonyl (C=O) groups excluding carboxylic acids is 1. The van der Waals surface area contributed by atoms with Crippen molar-refractivity contribution < 1.29 is 9.90 Å². The molecule has 0 atom stereocenters. The number of Topliss-reactive ketones (excluding diaryl/α,β-unsaturated/α-hetero) is 1. The fourth-order valence-electron chi connectivity index (χ4n) is 2.35. The average Bonchev–Trinajstić information content (AvgIpc) is 2.40. The Balaban J connectivity index is 2.61. The third-order valence-corrected chi connectivity index (χ3v) is 3.27. The summed E-state index contributed by atoms with van der Waals surface area (Å²) in [4.78, 5) is 11.4. The quantitative estimate of drug-likeness (QED) is 0.902. The van der Waals surface area contributed by atoms with E-state index in [9.17, 15) is 9.90 Å². The van der Waals surface area contributed by atoms with Crippen LogP contribution in [0.3, 0.4) is 0 Å². The van der Waals surface area contributed by atoms with Gasteiger partial charge in [-0.1, -0.05) is 43.3 Å². The maximum atomic E-state index is 11.4. The molecule has 0 radical (unpaired) electrons. The average molecular weight is 254 g/mol. The third-order valence-electron chi connectivity index (χ3n) is 3.27. The highest BCUT2D eigenvalue weighted by Gasteiger charge is 2.13. The van der Waals surface area contributed by atoms with E-state index < -0.39 is 0 Å². The van der Waals surface area contributed by atoms with Crippen LogP contribution >= 0.6 is 0 Å². The molecule has 1 N–H and O–H groups in total. The Morgan fingerprint density at radius 1 is 1.05 bits per heavy atom. The van der Waals surface area contributed by atoms with Gasteiger partial charge in [0.15, 0.2) is 0 Å². The number of phenolic OH excluding ortho intramolecular Hbond substituents is 1. The Hall–Kier alpha value is -2.09. The lowest BCUT2D eigenvalue weighted by atomic mass is 9.92. The van der Waals surface area contributed by atoms with Crippen LogP contribution in [0.4, 0.5) is 0 Å². The minimum absolute atomic E-state index is 0.0525. The lowest BCUT2D eigenvalue weighted by Crippen LogP contribution is -2.00. The second-order valence-corrected chi connectivity index (χ2v) is 4.69. The number of aryl methyl sites for hydroxylation is 1. The van der Waals surface area contributed by atoms with Gasteiger partial charge in [0.2, 0.25) is 0 Å². The van der Waals surface area contributed by atoms with Crippen molar-refractivity contribution in [2.45, 2.75) is 26.7 Å². The molecule has 0 aliphatic heterocycles. The van der Waals surface area contributed by atoms with E-state index in [1.165, 1.54) is 5.56 Å². The van der Waals surface area contributed by atoms with Gasteiger partial charge in [-0.05, 0) is 36.1 Å². The molecule has 0 heterocycles. The van der Waals surface area contributed by atoms with Gasteiger partial charge in [-0.15, -0.1) is 0 Å². The molecule has 0 unspecified atom stereocenters. The molecule has 2 nitrogen and oxygen atoms in total. The SMILES string of the molecule is CCc1ccccc1-c1cccc(O)c1CC(C)=O. The third kappa shape index (κ3) is 2.84. The summed E-state index contributed by atoms with van der Waals surface area (Å²) in [5.41, 5.74) is 3.98. The molecule has 0 aromatic heterocycles. The second kappa shape index (κ2) is 5.70. The van der Waals surface area contributed by atoms with Crippen LogP contribution in [0, 0.1) is 0 Å². The Labute approximate surface area is 113 Å². The standard InChI is InChI=1S/C17H18O2/c1-3-13-7-4-5-8-14(13)15-9-6-10-17(19)16(15)11-12(2)18/h4-10,19H,3,11H2,1-2H3. The van der Waals surface area contributed by atoms with E-state index >= 15 is 0 Å². The largest absolute Gasteiger partial charge is 0.508 e. The molecule has 0 saturated carbocycles. The van der Waals surface area contributed by atoms with Crippen molar-refractivity contribution in [3.63, 3.8) is 0 Å². The molecule has 0 aliphatic rings. The van der Waals surface area contributed by atoms with E-state index in [2.05, 4.69) is 13.0 Å². The van der Waals surface area contributed by atoms with E-state index in [0.717, 1.165) is 23.1 Å². The van der Waals surface area contributed by atoms with Crippen molar-refractivity contribution in [1.29, 1.82) is 0 Å². The smallest absolute Gasteiger partial charge is 0.134 e. The first-order valence-corrected chi connectivity index (χ1v) is 6.52. The van der Waals surface area contributed by atoms with Crippen molar-refractivity contribution in [3.8, 4) is 16.9 Å². The highest BCUT2D eigenvalue weighted by Crippen LogP contribution is 2.32. The molecule has 2 aromatic carbocycles. The van der Waals surface area contributed by atoms with Crippen LogP contribution in [-0.4, -0.2) is 10.9 Å². The summed E-state index contributed by atoms with van der Waals surface area (Å²) in [6.45, 7) is 3.65. The van der Waals surface area contributed by atoms with Gasteiger partial charge >= 0.3 is 0 Å². The van der Waals surface area contributed by atoms with Gasteiger partial charge in [0.1, 0.15) is 11.5 Å². The van der Waals surface area contributed by atoms with E-state index in [1.54, 1.807) is 13.0 Å². The normalized spacial score (nSPS) is 10.4. The number of carbonyl (C=O) groups is 1. The number of benzene rings is 2. The van der Waals surface area contributed by atoms with Crippen LogP contribution in [0.5, 0.6) is 5.75 Å². The molecule has 0 bridgehead atoms. The number of hydrogen-bond donors (Lipinski definition) is 1. The zero-order valence-corrected chi connectivity index (χ0v) is 11.3. The maximum absolute atomic E-state index is 11.4. The predicted octanol–water partition coefficient (Wildman–Crippen LogP) is 3.75.